The number of hydrogen-bond acceptors (Lipinski definition) is 10. The molecule has 7 rings (SSSR count). The summed E-state index contributed by atoms with van der Waals surface area (Å²) in [5.41, 5.74) is 1.92. The number of alkyl halides is 2. The Morgan fingerprint density at radius 1 is 0.867 bits per heavy atom. The topological polar surface area (TPSA) is 143 Å². The van der Waals surface area contributed by atoms with Gasteiger partial charge in [0.05, 0.1) is 43.5 Å². The Morgan fingerprint density at radius 3 is 1.76 bits per heavy atom. The zero-order chi connectivity index (χ0) is 31.6. The fourth-order valence-corrected chi connectivity index (χ4v) is 6.38. The largest absolute Gasteiger partial charge is 0.494 e. The molecular formula is C28H31B2ClF2N4O6S2. The predicted octanol–water partition coefficient (Wildman–Crippen LogP) is 3.59. The number of fused-ring (bicyclic) bond motifs is 2. The van der Waals surface area contributed by atoms with Gasteiger partial charge >= 0.3 is 14.2 Å². The summed E-state index contributed by atoms with van der Waals surface area (Å²) in [6.07, 6.45) is -1.46. The van der Waals surface area contributed by atoms with E-state index in [1.54, 1.807) is 18.2 Å². The third kappa shape index (κ3) is 7.17. The highest BCUT2D eigenvalue weighted by atomic mass is 35.5. The highest BCUT2D eigenvalue weighted by molar-refractivity contribution is 7.22. The first kappa shape index (κ1) is 33.6. The van der Waals surface area contributed by atoms with Gasteiger partial charge in [-0.2, -0.15) is 0 Å². The fourth-order valence-electron chi connectivity index (χ4n) is 4.54. The molecule has 2 aliphatic carbocycles. The van der Waals surface area contributed by atoms with E-state index in [1.165, 1.54) is 22.7 Å². The third-order valence-corrected chi connectivity index (χ3v) is 10.1. The van der Waals surface area contributed by atoms with E-state index in [0.29, 0.717) is 27.7 Å². The molecule has 3 fully saturated rings. The van der Waals surface area contributed by atoms with Gasteiger partial charge in [-0.1, -0.05) is 34.8 Å². The molecule has 4 atom stereocenters. The van der Waals surface area contributed by atoms with Gasteiger partial charge in [0.1, 0.15) is 12.3 Å². The standard InChI is InChI=1S/C17H20BFN2O3S.C11H10BFN2O3S.ClH/c1-16(2)17(3,4)24-18(23-16)9-5-6-12-13(7-9)25-15(20-12)21-14(22)10-8-11(10)19;13-7-4-6(7)10(16)15-11-14-8-2-1-5(12(17)18)3-9(8)19-11;/h5-7,10-11H,8H2,1-4H3,(H,20,21,22);1-3,6-7,17-18H,4H2,(H,14,15,16);1H/t10-,11+;6-,7+;/m11./s1. The van der Waals surface area contributed by atoms with Gasteiger partial charge in [0.25, 0.3) is 0 Å². The van der Waals surface area contributed by atoms with Crippen LogP contribution in [0.25, 0.3) is 20.4 Å². The van der Waals surface area contributed by atoms with Crippen LogP contribution in [0.1, 0.15) is 40.5 Å². The van der Waals surface area contributed by atoms with E-state index >= 15 is 0 Å². The summed E-state index contributed by atoms with van der Waals surface area (Å²) in [6, 6.07) is 10.6. The first-order chi connectivity index (χ1) is 20.7. The van der Waals surface area contributed by atoms with E-state index in [2.05, 4.69) is 20.6 Å². The first-order valence-corrected chi connectivity index (χ1v) is 15.8. The number of benzene rings is 2. The second kappa shape index (κ2) is 12.5. The van der Waals surface area contributed by atoms with E-state index in [0.717, 1.165) is 20.4 Å². The van der Waals surface area contributed by atoms with Gasteiger partial charge in [0, 0.05) is 0 Å². The molecule has 4 aromatic rings. The molecule has 2 aromatic heterocycles. The monoisotopic (exact) mass is 678 g/mol. The van der Waals surface area contributed by atoms with Crippen LogP contribution in [0.4, 0.5) is 19.0 Å². The molecule has 0 unspecified atom stereocenters. The van der Waals surface area contributed by atoms with Crippen molar-refractivity contribution in [2.24, 2.45) is 11.8 Å². The third-order valence-electron chi connectivity index (χ3n) is 8.21. The number of carbonyl (C=O) groups is 2. The summed E-state index contributed by atoms with van der Waals surface area (Å²) >= 11 is 2.58. The molecule has 0 spiro atoms. The summed E-state index contributed by atoms with van der Waals surface area (Å²) < 4.78 is 39.5. The number of nitrogens with one attached hydrogen (secondary N) is 2. The van der Waals surface area contributed by atoms with Gasteiger partial charge in [-0.05, 0) is 75.7 Å². The molecule has 1 saturated heterocycles. The van der Waals surface area contributed by atoms with Gasteiger partial charge < -0.3 is 30.0 Å². The predicted molar refractivity (Wildman–Crippen MR) is 175 cm³/mol. The molecular weight excluding hydrogens is 648 g/mol. The van der Waals surface area contributed by atoms with Crippen molar-refractivity contribution in [3.63, 3.8) is 0 Å². The Bertz CT molecular complexity index is 1740. The number of rotatable bonds is 6. The zero-order valence-electron chi connectivity index (χ0n) is 24.7. The second-order valence-electron chi connectivity index (χ2n) is 12.1. The lowest BCUT2D eigenvalue weighted by Gasteiger charge is -2.32. The molecule has 0 radical (unpaired) electrons. The van der Waals surface area contributed by atoms with Crippen molar-refractivity contribution in [2.75, 3.05) is 10.6 Å². The molecule has 1 aliphatic heterocycles. The number of anilines is 2. The number of aromatic nitrogens is 2. The Morgan fingerprint density at radius 2 is 1.31 bits per heavy atom. The Balaban J connectivity index is 0.000000180. The smallest absolute Gasteiger partial charge is 0.423 e. The van der Waals surface area contributed by atoms with Gasteiger partial charge in [-0.25, -0.2) is 18.7 Å². The van der Waals surface area contributed by atoms with Crippen LogP contribution in [0.15, 0.2) is 36.4 Å². The minimum Gasteiger partial charge on any atom is -0.423 e. The zero-order valence-corrected chi connectivity index (χ0v) is 27.2. The quantitative estimate of drug-likeness (QED) is 0.227. The average molecular weight is 679 g/mol. The minimum atomic E-state index is -1.54. The summed E-state index contributed by atoms with van der Waals surface area (Å²) in [4.78, 5) is 32.0. The molecule has 10 nitrogen and oxygen atoms in total. The van der Waals surface area contributed by atoms with Crippen LogP contribution in [0.2, 0.25) is 0 Å². The number of thiazole rings is 2. The molecule has 3 aliphatic rings. The summed E-state index contributed by atoms with van der Waals surface area (Å²) in [5.74, 6) is -1.72. The van der Waals surface area contributed by atoms with E-state index in [1.807, 2.05) is 45.9 Å². The van der Waals surface area contributed by atoms with Crippen molar-refractivity contribution < 1.29 is 37.7 Å². The van der Waals surface area contributed by atoms with Gasteiger partial charge in [-0.15, -0.1) is 12.4 Å². The molecule has 2 saturated carbocycles. The van der Waals surface area contributed by atoms with Gasteiger partial charge in [0.2, 0.25) is 11.8 Å². The second-order valence-corrected chi connectivity index (χ2v) is 14.2. The van der Waals surface area contributed by atoms with Crippen LogP contribution < -0.4 is 21.6 Å². The Labute approximate surface area is 272 Å². The number of amides is 2. The lowest BCUT2D eigenvalue weighted by molar-refractivity contribution is -0.118. The number of nitrogens with zero attached hydrogens (tertiary/aromatic N) is 2. The average Bonchev–Trinajstić information content (AvgIpc) is 3.73. The van der Waals surface area contributed by atoms with Crippen molar-refractivity contribution in [2.45, 2.75) is 64.1 Å². The minimum absolute atomic E-state index is 0. The SMILES string of the molecule is CC1(C)OB(c2ccc3nc(NC(=O)[C@@H]4C[C@@H]4F)sc3c2)OC1(C)C.Cl.O=C(Nc1nc2ccc(B(O)O)cc2s1)[C@@H]1C[C@@H]1F. The molecule has 2 aromatic carbocycles. The maximum Gasteiger partial charge on any atom is 0.494 e. The normalized spacial score (nSPS) is 24.0. The Hall–Kier alpha value is -2.72. The Kier molecular flexibility index (Phi) is 9.32. The van der Waals surface area contributed by atoms with Crippen LogP contribution in [0, 0.1) is 11.8 Å². The number of halogens is 3. The van der Waals surface area contributed by atoms with E-state index in [-0.39, 0.29) is 30.6 Å². The van der Waals surface area contributed by atoms with E-state index < -0.39 is 49.6 Å². The van der Waals surface area contributed by atoms with Crippen LogP contribution >= 0.6 is 35.1 Å². The lowest BCUT2D eigenvalue weighted by atomic mass is 9.79. The van der Waals surface area contributed by atoms with Gasteiger partial charge in [-0.3, -0.25) is 9.59 Å². The lowest BCUT2D eigenvalue weighted by Crippen LogP contribution is -2.41. The molecule has 4 N–H and O–H groups in total. The fraction of sp³-hybridized carbons (Fsp3) is 0.429. The van der Waals surface area contributed by atoms with Crippen LogP contribution in [0.3, 0.4) is 0 Å². The van der Waals surface area contributed by atoms with Crippen molar-refractivity contribution in [3.8, 4) is 0 Å². The summed E-state index contributed by atoms with van der Waals surface area (Å²) in [5, 5.41) is 24.3. The highest BCUT2D eigenvalue weighted by Gasteiger charge is 2.51. The molecule has 0 bridgehead atoms. The molecule has 238 valence electrons. The molecule has 3 heterocycles. The number of hydrogen-bond donors (Lipinski definition) is 4. The van der Waals surface area contributed by atoms with Crippen LogP contribution in [-0.4, -0.2) is 69.6 Å². The van der Waals surface area contributed by atoms with Crippen molar-refractivity contribution in [1.82, 2.24) is 9.97 Å². The molecule has 17 heteroatoms. The van der Waals surface area contributed by atoms with Crippen molar-refractivity contribution in [3.05, 3.63) is 36.4 Å². The number of carbonyl (C=O) groups excluding carboxylic acids is 2. The molecule has 2 amide bonds. The summed E-state index contributed by atoms with van der Waals surface area (Å²) in [7, 11) is -1.98. The van der Waals surface area contributed by atoms with Crippen LogP contribution in [-0.2, 0) is 18.9 Å². The highest BCUT2D eigenvalue weighted by Crippen LogP contribution is 2.38. The van der Waals surface area contributed by atoms with Crippen molar-refractivity contribution >= 4 is 103 Å². The van der Waals surface area contributed by atoms with E-state index in [4.69, 9.17) is 19.4 Å². The van der Waals surface area contributed by atoms with Crippen LogP contribution in [0.5, 0.6) is 0 Å². The summed E-state index contributed by atoms with van der Waals surface area (Å²) in [6.45, 7) is 8.06. The maximum atomic E-state index is 13.0. The molecule has 45 heavy (non-hydrogen) atoms. The van der Waals surface area contributed by atoms with Crippen molar-refractivity contribution in [1.29, 1.82) is 0 Å². The maximum absolute atomic E-state index is 13.0. The van der Waals surface area contributed by atoms with E-state index in [9.17, 15) is 18.4 Å². The van der Waals surface area contributed by atoms with Gasteiger partial charge in [0.15, 0.2) is 10.3 Å². The first-order valence-electron chi connectivity index (χ1n) is 14.1.